The normalized spacial score (nSPS) is 24.8. The first-order valence-corrected chi connectivity index (χ1v) is 10.5. The predicted octanol–water partition coefficient (Wildman–Crippen LogP) is 4.59. The molecule has 1 amide bonds. The summed E-state index contributed by atoms with van der Waals surface area (Å²) in [7, 11) is 0. The van der Waals surface area contributed by atoms with Crippen LogP contribution in [0, 0.1) is 18.3 Å². The monoisotopic (exact) mass is 467 g/mol. The van der Waals surface area contributed by atoms with E-state index in [1.54, 1.807) is 17.9 Å². The van der Waals surface area contributed by atoms with Gasteiger partial charge in [-0.25, -0.2) is 9.59 Å². The number of benzene rings is 1. The fourth-order valence-electron chi connectivity index (χ4n) is 4.57. The van der Waals surface area contributed by atoms with Gasteiger partial charge in [-0.3, -0.25) is 0 Å². The van der Waals surface area contributed by atoms with E-state index in [1.165, 1.54) is 0 Å². The quantitative estimate of drug-likeness (QED) is 0.684. The van der Waals surface area contributed by atoms with E-state index in [-0.39, 0.29) is 23.0 Å². The van der Waals surface area contributed by atoms with E-state index in [0.717, 1.165) is 12.8 Å². The maximum Gasteiger partial charge on any atom is 0.410 e. The molecule has 1 N–H and O–H groups in total. The number of halogens is 1. The summed E-state index contributed by atoms with van der Waals surface area (Å²) >= 11 is 3.41. The number of carboxylic acids is 1. The lowest BCUT2D eigenvalue weighted by Crippen LogP contribution is -2.67. The van der Waals surface area contributed by atoms with Crippen LogP contribution in [-0.2, 0) is 4.74 Å². The Hall–Kier alpha value is -1.96. The molecule has 29 heavy (non-hydrogen) atoms. The van der Waals surface area contributed by atoms with Crippen molar-refractivity contribution in [2.45, 2.75) is 58.8 Å². The molecule has 0 radical (unpaired) electrons. The van der Waals surface area contributed by atoms with Gasteiger partial charge in [-0.15, -0.1) is 0 Å². The molecule has 0 aromatic heterocycles. The van der Waals surface area contributed by atoms with Gasteiger partial charge in [0.25, 0.3) is 5.79 Å². The van der Waals surface area contributed by atoms with Crippen LogP contribution >= 0.6 is 15.9 Å². The van der Waals surface area contributed by atoms with Gasteiger partial charge in [-0.2, -0.15) is 0 Å². The summed E-state index contributed by atoms with van der Waals surface area (Å²) in [5, 5.41) is 9.41. The van der Waals surface area contributed by atoms with E-state index in [2.05, 4.69) is 15.9 Å². The number of carbonyl (C=O) groups excluding carboxylic acids is 1. The Labute approximate surface area is 178 Å². The van der Waals surface area contributed by atoms with Crippen molar-refractivity contribution in [1.29, 1.82) is 0 Å². The van der Waals surface area contributed by atoms with E-state index in [4.69, 9.17) is 14.2 Å². The van der Waals surface area contributed by atoms with Crippen LogP contribution in [0.4, 0.5) is 4.79 Å². The summed E-state index contributed by atoms with van der Waals surface area (Å²) in [6.07, 6.45) is 1.51. The number of hydrogen-bond donors (Lipinski definition) is 1. The average Bonchev–Trinajstić information content (AvgIpc) is 2.85. The number of amides is 1. The fourth-order valence-corrected chi connectivity index (χ4v) is 5.06. The number of rotatable bonds is 2. The van der Waals surface area contributed by atoms with Crippen LogP contribution in [0.15, 0.2) is 10.5 Å². The van der Waals surface area contributed by atoms with Gasteiger partial charge in [0.2, 0.25) is 0 Å². The van der Waals surface area contributed by atoms with Gasteiger partial charge < -0.3 is 24.2 Å². The van der Waals surface area contributed by atoms with E-state index in [9.17, 15) is 14.7 Å². The Bertz CT molecular complexity index is 893. The highest BCUT2D eigenvalue weighted by atomic mass is 79.9. The van der Waals surface area contributed by atoms with Gasteiger partial charge in [-0.05, 0) is 62.5 Å². The molecule has 1 aromatic rings. The van der Waals surface area contributed by atoms with Crippen molar-refractivity contribution in [2.24, 2.45) is 11.3 Å². The molecule has 0 bridgehead atoms. The Balaban J connectivity index is 1.41. The Morgan fingerprint density at radius 2 is 1.83 bits per heavy atom. The number of carbonyl (C=O) groups is 2. The standard InChI is InChI=1S/C21H26BrNO6/c1-11-13(17(24)25)6-14(22)16-15(11)27-20(5,28-16)12-7-21(8-12)9-23(10-21)18(26)29-19(2,3)4/h6,12H,7-10H2,1-5H3,(H,24,25). The molecule has 1 aliphatic carbocycles. The van der Waals surface area contributed by atoms with Crippen LogP contribution in [0.25, 0.3) is 0 Å². The molecule has 1 unspecified atom stereocenters. The van der Waals surface area contributed by atoms with Crippen LogP contribution in [0.5, 0.6) is 11.5 Å². The van der Waals surface area contributed by atoms with Gasteiger partial charge in [-0.1, -0.05) is 0 Å². The zero-order valence-electron chi connectivity index (χ0n) is 17.3. The van der Waals surface area contributed by atoms with Gasteiger partial charge in [0.05, 0.1) is 10.0 Å². The second-order valence-corrected chi connectivity index (χ2v) is 10.5. The van der Waals surface area contributed by atoms with Crippen LogP contribution in [0.2, 0.25) is 0 Å². The van der Waals surface area contributed by atoms with Gasteiger partial charge in [0.15, 0.2) is 11.5 Å². The smallest absolute Gasteiger partial charge is 0.410 e. The molecule has 2 heterocycles. The van der Waals surface area contributed by atoms with Crippen LogP contribution in [0.3, 0.4) is 0 Å². The largest absolute Gasteiger partial charge is 0.478 e. The number of carboxylic acid groups (broad SMARTS) is 1. The second kappa shape index (κ2) is 6.27. The number of fused-ring (bicyclic) bond motifs is 1. The predicted molar refractivity (Wildman–Crippen MR) is 108 cm³/mol. The van der Waals surface area contributed by atoms with Crippen molar-refractivity contribution < 1.29 is 28.9 Å². The maximum atomic E-state index is 12.2. The molecular weight excluding hydrogens is 442 g/mol. The summed E-state index contributed by atoms with van der Waals surface area (Å²) < 4.78 is 18.4. The highest BCUT2D eigenvalue weighted by Crippen LogP contribution is 2.59. The first-order chi connectivity index (χ1) is 13.3. The molecule has 1 atom stereocenters. The molecule has 7 nitrogen and oxygen atoms in total. The van der Waals surface area contributed by atoms with Gasteiger partial charge in [0.1, 0.15) is 5.60 Å². The van der Waals surface area contributed by atoms with Crippen LogP contribution < -0.4 is 9.47 Å². The highest BCUT2D eigenvalue weighted by molar-refractivity contribution is 9.10. The van der Waals surface area contributed by atoms with Crippen molar-refractivity contribution in [3.8, 4) is 11.5 Å². The molecule has 1 aromatic carbocycles. The van der Waals surface area contributed by atoms with Crippen molar-refractivity contribution in [3.05, 3.63) is 21.7 Å². The average molecular weight is 468 g/mol. The molecule has 3 aliphatic rings. The number of aromatic carboxylic acids is 1. The molecule has 2 fully saturated rings. The first kappa shape index (κ1) is 20.3. The minimum Gasteiger partial charge on any atom is -0.478 e. The van der Waals surface area contributed by atoms with Crippen molar-refractivity contribution >= 4 is 28.0 Å². The third kappa shape index (κ3) is 3.35. The Morgan fingerprint density at radius 3 is 2.38 bits per heavy atom. The molecule has 1 saturated carbocycles. The van der Waals surface area contributed by atoms with E-state index in [0.29, 0.717) is 34.6 Å². The van der Waals surface area contributed by atoms with Crippen molar-refractivity contribution in [3.63, 3.8) is 0 Å². The first-order valence-electron chi connectivity index (χ1n) is 9.75. The molecule has 2 aliphatic heterocycles. The maximum absolute atomic E-state index is 12.2. The summed E-state index contributed by atoms with van der Waals surface area (Å²) in [4.78, 5) is 25.4. The third-order valence-corrected chi connectivity index (χ3v) is 6.67. The summed E-state index contributed by atoms with van der Waals surface area (Å²) in [6.45, 7) is 10.6. The van der Waals surface area contributed by atoms with E-state index >= 15 is 0 Å². The summed E-state index contributed by atoms with van der Waals surface area (Å²) in [5.41, 5.74) is 0.367. The molecule has 8 heteroatoms. The molecule has 1 spiro atoms. The zero-order valence-corrected chi connectivity index (χ0v) is 18.9. The SMILES string of the molecule is Cc1c(C(=O)O)cc(Br)c2c1OC(C)(C1CC3(C1)CN(C(=O)OC(C)(C)C)C3)O2. The zero-order chi connectivity index (χ0) is 21.4. The Morgan fingerprint density at radius 1 is 1.24 bits per heavy atom. The summed E-state index contributed by atoms with van der Waals surface area (Å²) in [6, 6.07) is 1.55. The molecule has 1 saturated heterocycles. The summed E-state index contributed by atoms with van der Waals surface area (Å²) in [5.74, 6) is -0.633. The number of ether oxygens (including phenoxy) is 3. The van der Waals surface area contributed by atoms with Gasteiger partial charge >= 0.3 is 12.1 Å². The second-order valence-electron chi connectivity index (χ2n) is 9.66. The molecular formula is C21H26BrNO6. The topological polar surface area (TPSA) is 85.3 Å². The van der Waals surface area contributed by atoms with E-state index in [1.807, 2.05) is 27.7 Å². The third-order valence-electron chi connectivity index (χ3n) is 6.08. The van der Waals surface area contributed by atoms with Gasteiger partial charge in [0, 0.05) is 36.9 Å². The molecule has 158 valence electrons. The van der Waals surface area contributed by atoms with Crippen LogP contribution in [0.1, 0.15) is 56.5 Å². The Kier molecular flexibility index (Phi) is 4.39. The lowest BCUT2D eigenvalue weighted by atomic mass is 9.55. The minimum absolute atomic E-state index is 0.102. The number of likely N-dealkylation sites (tertiary alicyclic amines) is 1. The number of nitrogens with zero attached hydrogens (tertiary/aromatic N) is 1. The lowest BCUT2D eigenvalue weighted by molar-refractivity contribution is -0.198. The van der Waals surface area contributed by atoms with Crippen molar-refractivity contribution in [2.75, 3.05) is 13.1 Å². The minimum atomic E-state index is -0.998. The van der Waals surface area contributed by atoms with Crippen LogP contribution in [-0.4, -0.2) is 46.5 Å². The van der Waals surface area contributed by atoms with E-state index < -0.39 is 17.4 Å². The van der Waals surface area contributed by atoms with Crippen molar-refractivity contribution in [1.82, 2.24) is 4.90 Å². The molecule has 4 rings (SSSR count). The fraction of sp³-hybridized carbons (Fsp3) is 0.619. The highest BCUT2D eigenvalue weighted by Gasteiger charge is 2.62. The lowest BCUT2D eigenvalue weighted by Gasteiger charge is -2.60. The number of hydrogen-bond acceptors (Lipinski definition) is 5.